The van der Waals surface area contributed by atoms with Gasteiger partial charge >= 0.3 is 0 Å². The summed E-state index contributed by atoms with van der Waals surface area (Å²) in [5.41, 5.74) is 0. The van der Waals surface area contributed by atoms with E-state index in [4.69, 9.17) is 5.11 Å². The second kappa shape index (κ2) is 8.33. The molecule has 0 bridgehead atoms. The van der Waals surface area contributed by atoms with Crippen molar-refractivity contribution < 1.29 is 13.5 Å². The van der Waals surface area contributed by atoms with Crippen molar-refractivity contribution in [3.63, 3.8) is 0 Å². The van der Waals surface area contributed by atoms with Gasteiger partial charge in [0.05, 0.1) is 5.75 Å². The fourth-order valence-electron chi connectivity index (χ4n) is 1.52. The van der Waals surface area contributed by atoms with E-state index in [1.54, 1.807) is 18.7 Å². The van der Waals surface area contributed by atoms with Gasteiger partial charge in [0.25, 0.3) is 0 Å². The first-order valence-electron chi connectivity index (χ1n) is 5.51. The number of aliphatic hydroxyl groups excluding tert-OH is 1. The van der Waals surface area contributed by atoms with Gasteiger partial charge in [0, 0.05) is 30.2 Å². The standard InChI is InChI=1S/C10H23NO3S2/c1-4-16(13,14)8-9(2)11-10(5-6-12)7-15-3/h9-12H,4-8H2,1-3H3. The maximum absolute atomic E-state index is 11.4. The monoisotopic (exact) mass is 269 g/mol. The third kappa shape index (κ3) is 7.49. The van der Waals surface area contributed by atoms with E-state index < -0.39 is 9.84 Å². The van der Waals surface area contributed by atoms with Gasteiger partial charge in [-0.2, -0.15) is 11.8 Å². The van der Waals surface area contributed by atoms with Crippen molar-refractivity contribution in [2.75, 3.05) is 30.1 Å². The lowest BCUT2D eigenvalue weighted by molar-refractivity contribution is 0.267. The van der Waals surface area contributed by atoms with Gasteiger partial charge in [0.15, 0.2) is 9.84 Å². The minimum absolute atomic E-state index is 0.0614. The maximum Gasteiger partial charge on any atom is 0.151 e. The molecule has 0 aliphatic carbocycles. The van der Waals surface area contributed by atoms with Gasteiger partial charge in [-0.15, -0.1) is 0 Å². The van der Waals surface area contributed by atoms with Crippen molar-refractivity contribution in [3.05, 3.63) is 0 Å². The van der Waals surface area contributed by atoms with Crippen LogP contribution in [0, 0.1) is 0 Å². The summed E-state index contributed by atoms with van der Waals surface area (Å²) in [5.74, 6) is 1.24. The number of aliphatic hydroxyl groups is 1. The Bertz CT molecular complexity index is 261. The number of sulfone groups is 1. The first-order chi connectivity index (χ1) is 7.45. The first kappa shape index (κ1) is 16.2. The zero-order valence-electron chi connectivity index (χ0n) is 10.3. The lowest BCUT2D eigenvalue weighted by Crippen LogP contribution is -2.42. The Balaban J connectivity index is 4.13. The highest BCUT2D eigenvalue weighted by atomic mass is 32.2. The average Bonchev–Trinajstić information content (AvgIpc) is 2.17. The van der Waals surface area contributed by atoms with Crippen LogP contribution < -0.4 is 5.32 Å². The van der Waals surface area contributed by atoms with Crippen molar-refractivity contribution in [1.29, 1.82) is 0 Å². The molecule has 16 heavy (non-hydrogen) atoms. The predicted molar refractivity (Wildman–Crippen MR) is 70.8 cm³/mol. The summed E-state index contributed by atoms with van der Waals surface area (Å²) in [6.45, 7) is 3.67. The van der Waals surface area contributed by atoms with Crippen LogP contribution >= 0.6 is 11.8 Å². The zero-order chi connectivity index (χ0) is 12.6. The highest BCUT2D eigenvalue weighted by Gasteiger charge is 2.16. The van der Waals surface area contributed by atoms with Crippen molar-refractivity contribution >= 4 is 21.6 Å². The molecular weight excluding hydrogens is 246 g/mol. The molecule has 0 aliphatic rings. The van der Waals surface area contributed by atoms with Gasteiger partial charge in [-0.3, -0.25) is 0 Å². The molecule has 0 spiro atoms. The lowest BCUT2D eigenvalue weighted by Gasteiger charge is -2.21. The van der Waals surface area contributed by atoms with Gasteiger partial charge in [-0.05, 0) is 19.6 Å². The first-order valence-corrected chi connectivity index (χ1v) is 8.73. The summed E-state index contributed by atoms with van der Waals surface area (Å²) < 4.78 is 22.8. The third-order valence-corrected chi connectivity index (χ3v) is 4.93. The quantitative estimate of drug-likeness (QED) is 0.638. The van der Waals surface area contributed by atoms with E-state index >= 15 is 0 Å². The van der Waals surface area contributed by atoms with Gasteiger partial charge in [0.1, 0.15) is 0 Å². The second-order valence-electron chi connectivity index (χ2n) is 3.93. The molecular formula is C10H23NO3S2. The second-order valence-corrected chi connectivity index (χ2v) is 7.24. The van der Waals surface area contributed by atoms with E-state index in [9.17, 15) is 8.42 Å². The largest absolute Gasteiger partial charge is 0.396 e. The van der Waals surface area contributed by atoms with Crippen LogP contribution in [0.3, 0.4) is 0 Å². The molecule has 0 radical (unpaired) electrons. The molecule has 4 nitrogen and oxygen atoms in total. The summed E-state index contributed by atoms with van der Waals surface area (Å²) in [7, 11) is -2.93. The number of thioether (sulfide) groups is 1. The molecule has 2 unspecified atom stereocenters. The van der Waals surface area contributed by atoms with Crippen molar-refractivity contribution in [2.45, 2.75) is 32.4 Å². The molecule has 6 heteroatoms. The lowest BCUT2D eigenvalue weighted by atomic mass is 10.2. The Morgan fingerprint density at radius 3 is 2.50 bits per heavy atom. The molecule has 2 atom stereocenters. The zero-order valence-corrected chi connectivity index (χ0v) is 11.9. The number of nitrogens with one attached hydrogen (secondary N) is 1. The normalized spacial score (nSPS) is 16.0. The summed E-state index contributed by atoms with van der Waals surface area (Å²) >= 11 is 1.69. The molecule has 0 aliphatic heterocycles. The van der Waals surface area contributed by atoms with E-state index in [2.05, 4.69) is 5.32 Å². The van der Waals surface area contributed by atoms with E-state index in [0.29, 0.717) is 6.42 Å². The molecule has 0 aromatic heterocycles. The molecule has 0 fully saturated rings. The molecule has 0 heterocycles. The van der Waals surface area contributed by atoms with E-state index in [1.807, 2.05) is 13.2 Å². The summed E-state index contributed by atoms with van der Waals surface area (Å²) in [4.78, 5) is 0. The van der Waals surface area contributed by atoms with Crippen molar-refractivity contribution in [1.82, 2.24) is 5.32 Å². The highest BCUT2D eigenvalue weighted by molar-refractivity contribution is 7.98. The van der Waals surface area contributed by atoms with Gasteiger partial charge in [-0.1, -0.05) is 6.92 Å². The van der Waals surface area contributed by atoms with E-state index in [-0.39, 0.29) is 30.2 Å². The van der Waals surface area contributed by atoms with E-state index in [1.165, 1.54) is 0 Å². The van der Waals surface area contributed by atoms with Crippen LogP contribution in [0.2, 0.25) is 0 Å². The minimum Gasteiger partial charge on any atom is -0.396 e. The molecule has 98 valence electrons. The molecule has 0 amide bonds. The van der Waals surface area contributed by atoms with Crippen molar-refractivity contribution in [2.24, 2.45) is 0 Å². The number of hydrogen-bond donors (Lipinski definition) is 2. The Morgan fingerprint density at radius 2 is 2.06 bits per heavy atom. The average molecular weight is 269 g/mol. The Kier molecular flexibility index (Phi) is 8.45. The third-order valence-electron chi connectivity index (χ3n) is 2.31. The summed E-state index contributed by atoms with van der Waals surface area (Å²) in [5, 5.41) is 12.1. The Labute approximate surface area is 103 Å². The molecule has 0 saturated carbocycles. The SMILES string of the molecule is CCS(=O)(=O)CC(C)NC(CCO)CSC. The van der Waals surface area contributed by atoms with Crippen LogP contribution in [0.5, 0.6) is 0 Å². The fourth-order valence-corrected chi connectivity index (χ4v) is 3.28. The van der Waals surface area contributed by atoms with Crippen LogP contribution in [-0.4, -0.2) is 55.7 Å². The number of rotatable bonds is 9. The van der Waals surface area contributed by atoms with E-state index in [0.717, 1.165) is 5.75 Å². The number of hydrogen-bond acceptors (Lipinski definition) is 5. The van der Waals surface area contributed by atoms with Crippen molar-refractivity contribution in [3.8, 4) is 0 Å². The Hall–Kier alpha value is 0.220. The van der Waals surface area contributed by atoms with Crippen LogP contribution in [0.15, 0.2) is 0 Å². The smallest absolute Gasteiger partial charge is 0.151 e. The maximum atomic E-state index is 11.4. The fraction of sp³-hybridized carbons (Fsp3) is 1.00. The minimum atomic E-state index is -2.93. The molecule has 2 N–H and O–H groups in total. The molecule has 0 saturated heterocycles. The Morgan fingerprint density at radius 1 is 1.44 bits per heavy atom. The highest BCUT2D eigenvalue weighted by Crippen LogP contribution is 2.04. The molecule has 0 aromatic carbocycles. The van der Waals surface area contributed by atoms with Gasteiger partial charge in [0.2, 0.25) is 0 Å². The van der Waals surface area contributed by atoms with Gasteiger partial charge < -0.3 is 10.4 Å². The van der Waals surface area contributed by atoms with Crippen LogP contribution in [0.1, 0.15) is 20.3 Å². The van der Waals surface area contributed by atoms with Crippen LogP contribution in [0.4, 0.5) is 0 Å². The molecule has 0 aromatic rings. The predicted octanol–water partition coefficient (Wildman–Crippen LogP) is 0.513. The van der Waals surface area contributed by atoms with Crippen LogP contribution in [-0.2, 0) is 9.84 Å². The van der Waals surface area contributed by atoms with Crippen LogP contribution in [0.25, 0.3) is 0 Å². The summed E-state index contributed by atoms with van der Waals surface area (Å²) in [6.07, 6.45) is 2.66. The summed E-state index contributed by atoms with van der Waals surface area (Å²) in [6, 6.07) is 0.121. The van der Waals surface area contributed by atoms with Gasteiger partial charge in [-0.25, -0.2) is 8.42 Å². The molecule has 0 rings (SSSR count). The topological polar surface area (TPSA) is 66.4 Å².